The molecule has 0 aromatic rings. The third kappa shape index (κ3) is 13.7. The Morgan fingerprint density at radius 1 is 0.733 bits per heavy atom. The first kappa shape index (κ1) is 14.7. The van der Waals surface area contributed by atoms with E-state index in [0.29, 0.717) is 19.3 Å². The normalized spacial score (nSPS) is 12.9. The smallest absolute Gasteiger partial charge is 0.258 e. The second-order valence-electron chi connectivity index (χ2n) is 2.69. The van der Waals surface area contributed by atoms with Gasteiger partial charge >= 0.3 is 20.6 Å². The predicted molar refractivity (Wildman–Crippen MR) is 52.0 cm³/mol. The summed E-state index contributed by atoms with van der Waals surface area (Å²) in [6, 6.07) is 0. The summed E-state index contributed by atoms with van der Waals surface area (Å²) in [6.45, 7) is -0.0670. The van der Waals surface area contributed by atoms with Crippen LogP contribution in [0.5, 0.6) is 0 Å². The Kier molecular flexibility index (Phi) is 6.24. The lowest BCUT2D eigenvalue weighted by Gasteiger charge is -2.01. The molecule has 0 radical (unpaired) electrons. The van der Waals surface area contributed by atoms with Crippen LogP contribution in [0.4, 0.5) is 0 Å². The summed E-state index contributed by atoms with van der Waals surface area (Å²) in [5.74, 6) is 0. The molecule has 0 saturated carbocycles. The molecule has 92 valence electrons. The second-order valence-corrected chi connectivity index (χ2v) is 5.13. The van der Waals surface area contributed by atoms with Crippen LogP contribution in [0.25, 0.3) is 0 Å². The molecule has 0 aliphatic heterocycles. The van der Waals surface area contributed by atoms with Gasteiger partial charge in [0.05, 0.1) is 13.2 Å². The van der Waals surface area contributed by atoms with Crippen LogP contribution >= 0.6 is 0 Å². The van der Waals surface area contributed by atoms with Gasteiger partial charge in [0.25, 0.3) is 0 Å². The van der Waals surface area contributed by atoms with Crippen LogP contribution in [-0.2, 0) is 29.0 Å². The molecule has 0 atom stereocenters. The summed E-state index contributed by atoms with van der Waals surface area (Å²) in [5.41, 5.74) is 0. The number of nitrogens with two attached hydrogens (primary N) is 2. The number of hydrogen-bond donors (Lipinski definition) is 2. The maximum Gasteiger partial charge on any atom is 0.333 e. The minimum atomic E-state index is -3.89. The van der Waals surface area contributed by atoms with E-state index in [4.69, 9.17) is 0 Å². The van der Waals surface area contributed by atoms with E-state index in [1.807, 2.05) is 0 Å². The Hall–Kier alpha value is -0.260. The van der Waals surface area contributed by atoms with E-state index >= 15 is 0 Å². The van der Waals surface area contributed by atoms with Gasteiger partial charge in [-0.25, -0.2) is 10.3 Å². The topological polar surface area (TPSA) is 139 Å². The van der Waals surface area contributed by atoms with Gasteiger partial charge < -0.3 is 0 Å². The summed E-state index contributed by atoms with van der Waals surface area (Å²) < 4.78 is 49.6. The van der Waals surface area contributed by atoms with Gasteiger partial charge in [0, 0.05) is 0 Å². The fraction of sp³-hybridized carbons (Fsp3) is 1.00. The van der Waals surface area contributed by atoms with Crippen molar-refractivity contribution in [3.63, 3.8) is 0 Å². The van der Waals surface area contributed by atoms with Crippen LogP contribution in [0.1, 0.15) is 19.3 Å². The van der Waals surface area contributed by atoms with E-state index in [2.05, 4.69) is 18.6 Å². The van der Waals surface area contributed by atoms with Crippen molar-refractivity contribution in [3.8, 4) is 0 Å². The van der Waals surface area contributed by atoms with Gasteiger partial charge in [0.1, 0.15) is 0 Å². The molecule has 0 aromatic carbocycles. The average molecular weight is 262 g/mol. The summed E-state index contributed by atoms with van der Waals surface area (Å²) in [4.78, 5) is 0. The molecule has 0 bridgehead atoms. The molecule has 0 saturated heterocycles. The molecular weight excluding hydrogens is 248 g/mol. The van der Waals surface area contributed by atoms with Crippen molar-refractivity contribution in [2.24, 2.45) is 10.3 Å². The van der Waals surface area contributed by atoms with Gasteiger partial charge in [-0.1, -0.05) is 0 Å². The van der Waals surface area contributed by atoms with Crippen LogP contribution in [-0.4, -0.2) is 30.0 Å². The SMILES string of the molecule is NS(=O)(=O)OCCCCCOS(N)(=O)=O. The average Bonchev–Trinajstić information content (AvgIpc) is 1.98. The zero-order chi connectivity index (χ0) is 11.9. The lowest BCUT2D eigenvalue weighted by molar-refractivity contribution is 0.284. The largest absolute Gasteiger partial charge is 0.333 e. The molecule has 0 unspecified atom stereocenters. The zero-order valence-corrected chi connectivity index (χ0v) is 9.59. The van der Waals surface area contributed by atoms with Gasteiger partial charge in [-0.3, -0.25) is 8.37 Å². The van der Waals surface area contributed by atoms with Crippen molar-refractivity contribution in [2.45, 2.75) is 19.3 Å². The summed E-state index contributed by atoms with van der Waals surface area (Å²) >= 11 is 0. The standard InChI is InChI=1S/C5H14N2O6S2/c6-14(8,9)12-4-2-1-3-5-13-15(7,10)11/h1-5H2,(H2,6,8,9)(H2,7,10,11). The molecule has 15 heavy (non-hydrogen) atoms. The van der Waals surface area contributed by atoms with Crippen LogP contribution in [0.15, 0.2) is 0 Å². The highest BCUT2D eigenvalue weighted by Gasteiger charge is 2.02. The Balaban J connectivity index is 3.34. The Morgan fingerprint density at radius 2 is 1.07 bits per heavy atom. The van der Waals surface area contributed by atoms with E-state index in [-0.39, 0.29) is 13.2 Å². The van der Waals surface area contributed by atoms with Crippen molar-refractivity contribution >= 4 is 20.6 Å². The van der Waals surface area contributed by atoms with Crippen LogP contribution < -0.4 is 10.3 Å². The van der Waals surface area contributed by atoms with Crippen molar-refractivity contribution < 1.29 is 25.2 Å². The van der Waals surface area contributed by atoms with Gasteiger partial charge in [0.2, 0.25) is 0 Å². The first-order valence-corrected chi connectivity index (χ1v) is 6.99. The van der Waals surface area contributed by atoms with Crippen molar-refractivity contribution in [3.05, 3.63) is 0 Å². The van der Waals surface area contributed by atoms with Crippen molar-refractivity contribution in [1.82, 2.24) is 0 Å². The molecule has 8 nitrogen and oxygen atoms in total. The maximum absolute atomic E-state index is 10.3. The van der Waals surface area contributed by atoms with E-state index in [0.717, 1.165) is 0 Å². The lowest BCUT2D eigenvalue weighted by Crippen LogP contribution is -2.17. The highest BCUT2D eigenvalue weighted by Crippen LogP contribution is 1.98. The highest BCUT2D eigenvalue weighted by molar-refractivity contribution is 7.84. The first-order valence-electron chi connectivity index (χ1n) is 4.05. The molecule has 0 rings (SSSR count). The van der Waals surface area contributed by atoms with Gasteiger partial charge in [-0.05, 0) is 19.3 Å². The molecule has 0 aliphatic rings. The Labute approximate surface area is 89.0 Å². The van der Waals surface area contributed by atoms with E-state index < -0.39 is 20.6 Å². The Bertz CT molecular complexity index is 325. The number of rotatable bonds is 8. The summed E-state index contributed by atoms with van der Waals surface area (Å²) in [6.07, 6.45) is 1.42. The number of unbranched alkanes of at least 4 members (excludes halogenated alkanes) is 2. The minimum absolute atomic E-state index is 0.0335. The van der Waals surface area contributed by atoms with Crippen LogP contribution in [0.2, 0.25) is 0 Å². The van der Waals surface area contributed by atoms with Gasteiger partial charge in [-0.2, -0.15) is 16.8 Å². The Morgan fingerprint density at radius 3 is 1.33 bits per heavy atom. The molecular formula is C5H14N2O6S2. The van der Waals surface area contributed by atoms with E-state index in [1.54, 1.807) is 0 Å². The van der Waals surface area contributed by atoms with E-state index in [1.165, 1.54) is 0 Å². The fourth-order valence-corrected chi connectivity index (χ4v) is 1.43. The molecule has 0 amide bonds. The van der Waals surface area contributed by atoms with Crippen molar-refractivity contribution in [1.29, 1.82) is 0 Å². The van der Waals surface area contributed by atoms with Crippen LogP contribution in [0.3, 0.4) is 0 Å². The molecule has 0 spiro atoms. The predicted octanol–water partition coefficient (Wildman–Crippen LogP) is -1.40. The maximum atomic E-state index is 10.3. The summed E-state index contributed by atoms with van der Waals surface area (Å²) in [5, 5.41) is 9.13. The zero-order valence-electron chi connectivity index (χ0n) is 7.96. The third-order valence-electron chi connectivity index (χ3n) is 1.28. The van der Waals surface area contributed by atoms with Gasteiger partial charge in [-0.15, -0.1) is 0 Å². The molecule has 0 fully saturated rings. The molecule has 0 aliphatic carbocycles. The molecule has 4 N–H and O–H groups in total. The van der Waals surface area contributed by atoms with E-state index in [9.17, 15) is 16.8 Å². The first-order chi connectivity index (χ1) is 6.71. The minimum Gasteiger partial charge on any atom is -0.258 e. The molecule has 0 aromatic heterocycles. The second kappa shape index (κ2) is 6.35. The monoisotopic (exact) mass is 262 g/mol. The number of hydrogen-bond acceptors (Lipinski definition) is 6. The van der Waals surface area contributed by atoms with Crippen LogP contribution in [0, 0.1) is 0 Å². The summed E-state index contributed by atoms with van der Waals surface area (Å²) in [7, 11) is -7.77. The van der Waals surface area contributed by atoms with Gasteiger partial charge in [0.15, 0.2) is 0 Å². The fourth-order valence-electron chi connectivity index (χ4n) is 0.731. The molecule has 0 heterocycles. The van der Waals surface area contributed by atoms with Crippen molar-refractivity contribution in [2.75, 3.05) is 13.2 Å². The third-order valence-corrected chi connectivity index (χ3v) is 2.27. The quantitative estimate of drug-likeness (QED) is 0.515. The molecule has 10 heteroatoms. The lowest BCUT2D eigenvalue weighted by atomic mass is 10.2. The highest BCUT2D eigenvalue weighted by atomic mass is 32.2.